The van der Waals surface area contributed by atoms with Crippen LogP contribution in [0.1, 0.15) is 30.3 Å². The molecule has 0 amide bonds. The van der Waals surface area contributed by atoms with Crippen LogP contribution < -0.4 is 17.0 Å². The fourth-order valence-electron chi connectivity index (χ4n) is 5.17. The molecule has 11 nitrogen and oxygen atoms in total. The lowest BCUT2D eigenvalue weighted by atomic mass is 10.1. The average molecular weight is 597 g/mol. The number of aryl methyl sites for hydroxylation is 2. The third-order valence-electron chi connectivity index (χ3n) is 7.37. The maximum Gasteiger partial charge on any atom is 0.332 e. The van der Waals surface area contributed by atoms with Crippen LogP contribution >= 0.6 is 0 Å². The number of hydrogen-bond acceptors (Lipinski definition) is 8. The molecule has 0 aliphatic carbocycles. The van der Waals surface area contributed by atoms with Crippen LogP contribution in [0, 0.1) is 0 Å². The Bertz CT molecular complexity index is 1730. The zero-order valence-corrected chi connectivity index (χ0v) is 25.1. The second-order valence-corrected chi connectivity index (χ2v) is 12.8. The van der Waals surface area contributed by atoms with E-state index in [0.29, 0.717) is 55.2 Å². The Morgan fingerprint density at radius 1 is 0.929 bits per heavy atom. The quantitative estimate of drug-likeness (QED) is 0.197. The predicted octanol–water partition coefficient (Wildman–Crippen LogP) is 1.52. The Morgan fingerprint density at radius 2 is 1.67 bits per heavy atom. The van der Waals surface area contributed by atoms with Crippen LogP contribution in [0.2, 0.25) is 0 Å². The number of nitrogens with two attached hydrogens (primary N) is 1. The lowest BCUT2D eigenvalue weighted by Crippen LogP contribution is -2.41. The Labute approximate surface area is 245 Å². The van der Waals surface area contributed by atoms with Crippen LogP contribution in [0.5, 0.6) is 0 Å². The van der Waals surface area contributed by atoms with Crippen LogP contribution in [-0.2, 0) is 42.3 Å². The van der Waals surface area contributed by atoms with Gasteiger partial charge in [-0.2, -0.15) is 0 Å². The van der Waals surface area contributed by atoms with E-state index < -0.39 is 21.1 Å². The van der Waals surface area contributed by atoms with Gasteiger partial charge in [-0.25, -0.2) is 18.2 Å². The number of nitrogens with zero attached hydrogens (tertiary/aromatic N) is 5. The second kappa shape index (κ2) is 14.0. The molecular formula is C30H40N6O5S. The summed E-state index contributed by atoms with van der Waals surface area (Å²) in [5, 5.41) is 9.50. The van der Waals surface area contributed by atoms with E-state index in [2.05, 4.69) is 4.90 Å². The number of imidazole rings is 1. The Hall–Kier alpha value is -3.74. The minimum absolute atomic E-state index is 0.0199. The molecule has 42 heavy (non-hydrogen) atoms. The van der Waals surface area contributed by atoms with E-state index in [4.69, 9.17) is 10.7 Å². The third-order valence-corrected chi connectivity index (χ3v) is 8.40. The van der Waals surface area contributed by atoms with Gasteiger partial charge in [0.05, 0.1) is 12.4 Å². The first-order valence-corrected chi connectivity index (χ1v) is 16.3. The van der Waals surface area contributed by atoms with Crippen molar-refractivity contribution in [3.8, 4) is 0 Å². The molecule has 2 aromatic carbocycles. The number of rotatable bonds is 15. The van der Waals surface area contributed by atoms with E-state index in [0.717, 1.165) is 28.5 Å². The van der Waals surface area contributed by atoms with E-state index in [9.17, 15) is 23.1 Å². The van der Waals surface area contributed by atoms with Crippen LogP contribution in [-0.4, -0.2) is 75.4 Å². The molecule has 4 rings (SSSR count). The van der Waals surface area contributed by atoms with Crippen molar-refractivity contribution in [1.29, 1.82) is 0 Å². The van der Waals surface area contributed by atoms with Crippen LogP contribution in [0.25, 0.3) is 11.2 Å². The third kappa shape index (κ3) is 7.75. The molecule has 0 saturated heterocycles. The minimum Gasteiger partial charge on any atom is -0.399 e. The molecule has 0 saturated carbocycles. The largest absolute Gasteiger partial charge is 0.399 e. The van der Waals surface area contributed by atoms with Crippen molar-refractivity contribution in [3.63, 3.8) is 0 Å². The number of hydrogen-bond donors (Lipinski definition) is 2. The first-order valence-electron chi connectivity index (χ1n) is 14.2. The molecule has 2 heterocycles. The molecule has 2 aromatic heterocycles. The number of aromatic nitrogens is 4. The summed E-state index contributed by atoms with van der Waals surface area (Å²) in [4.78, 5) is 34.7. The van der Waals surface area contributed by atoms with Crippen LogP contribution in [0.15, 0.2) is 64.2 Å². The molecule has 12 heteroatoms. The predicted molar refractivity (Wildman–Crippen MR) is 166 cm³/mol. The van der Waals surface area contributed by atoms with Gasteiger partial charge in [-0.1, -0.05) is 49.4 Å². The number of aliphatic hydroxyl groups is 1. The summed E-state index contributed by atoms with van der Waals surface area (Å²) in [6, 6.07) is 17.2. The summed E-state index contributed by atoms with van der Waals surface area (Å²) in [6.07, 6.45) is 2.22. The van der Waals surface area contributed by atoms with Crippen molar-refractivity contribution >= 4 is 26.7 Å². The Kier molecular flexibility index (Phi) is 10.4. The molecule has 0 unspecified atom stereocenters. The minimum atomic E-state index is -3.27. The topological polar surface area (TPSA) is 145 Å². The number of likely N-dealkylation sites (N-methyl/N-ethyl adjacent to an activating group) is 1. The molecule has 4 aromatic rings. The second-order valence-electron chi connectivity index (χ2n) is 10.5. The molecule has 226 valence electrons. The summed E-state index contributed by atoms with van der Waals surface area (Å²) in [5.74, 6) is 0.519. The monoisotopic (exact) mass is 596 g/mol. The van der Waals surface area contributed by atoms with Crippen molar-refractivity contribution in [3.05, 3.63) is 92.4 Å². The van der Waals surface area contributed by atoms with E-state index in [1.165, 1.54) is 4.57 Å². The summed E-state index contributed by atoms with van der Waals surface area (Å²) in [6.45, 7) is 4.49. The number of sulfone groups is 1. The van der Waals surface area contributed by atoms with Crippen LogP contribution in [0.3, 0.4) is 0 Å². The zero-order chi connectivity index (χ0) is 30.3. The van der Waals surface area contributed by atoms with Gasteiger partial charge in [0.2, 0.25) is 0 Å². The lowest BCUT2D eigenvalue weighted by Gasteiger charge is -2.20. The fourth-order valence-corrected chi connectivity index (χ4v) is 5.83. The molecule has 0 aliphatic rings. The van der Waals surface area contributed by atoms with Gasteiger partial charge < -0.3 is 15.4 Å². The average Bonchev–Trinajstić information content (AvgIpc) is 3.30. The van der Waals surface area contributed by atoms with Gasteiger partial charge in [-0.15, -0.1) is 0 Å². The standard InChI is InChI=1S/C30H40N6O5S/c1-3-33(18-19-37)16-17-34-26(22-23-9-5-4-6-10-23)32-28-27(34)29(38)36(14-8-20-42(2,40)41)30(39)35(28)15-13-24-11-7-12-25(31)21-24/h4-7,9-12,21,37H,3,8,13-20,22,31H2,1-2H3. The highest BCUT2D eigenvalue weighted by Gasteiger charge is 2.22. The fraction of sp³-hybridized carbons (Fsp3) is 0.433. The van der Waals surface area contributed by atoms with E-state index in [-0.39, 0.29) is 31.9 Å². The van der Waals surface area contributed by atoms with Gasteiger partial charge >= 0.3 is 5.69 Å². The molecule has 0 bridgehead atoms. The van der Waals surface area contributed by atoms with E-state index in [1.54, 1.807) is 6.07 Å². The number of benzene rings is 2. The molecule has 0 spiro atoms. The Morgan fingerprint density at radius 3 is 2.33 bits per heavy atom. The highest BCUT2D eigenvalue weighted by Crippen LogP contribution is 2.17. The van der Waals surface area contributed by atoms with E-state index >= 15 is 0 Å². The van der Waals surface area contributed by atoms with Crippen molar-refractivity contribution in [2.75, 3.05) is 44.0 Å². The van der Waals surface area contributed by atoms with Crippen LogP contribution in [0.4, 0.5) is 5.69 Å². The van der Waals surface area contributed by atoms with Crippen molar-refractivity contribution in [2.24, 2.45) is 0 Å². The molecular weight excluding hydrogens is 556 g/mol. The first-order chi connectivity index (χ1) is 20.1. The SMILES string of the molecule is CCN(CCO)CCn1c(Cc2ccccc2)nc2c1c(=O)n(CCCS(C)(=O)=O)c(=O)n2CCc1cccc(N)c1. The van der Waals surface area contributed by atoms with Gasteiger partial charge in [0.1, 0.15) is 15.7 Å². The highest BCUT2D eigenvalue weighted by molar-refractivity contribution is 7.90. The highest BCUT2D eigenvalue weighted by atomic mass is 32.2. The summed E-state index contributed by atoms with van der Waals surface area (Å²) < 4.78 is 28.2. The maximum atomic E-state index is 14.0. The van der Waals surface area contributed by atoms with Crippen molar-refractivity contribution in [1.82, 2.24) is 23.6 Å². The number of nitrogen functional groups attached to an aromatic ring is 1. The van der Waals surface area contributed by atoms with Gasteiger partial charge in [0.25, 0.3) is 5.56 Å². The Balaban J connectivity index is 1.87. The first kappa shape index (κ1) is 31.2. The molecule has 0 fully saturated rings. The molecule has 0 aliphatic heterocycles. The number of anilines is 1. The number of fused-ring (bicyclic) bond motifs is 1. The normalized spacial score (nSPS) is 12.0. The molecule has 0 atom stereocenters. The van der Waals surface area contributed by atoms with Gasteiger partial charge in [0, 0.05) is 51.1 Å². The van der Waals surface area contributed by atoms with Crippen molar-refractivity contribution in [2.45, 2.75) is 45.8 Å². The van der Waals surface area contributed by atoms with Crippen molar-refractivity contribution < 1.29 is 13.5 Å². The molecule has 0 radical (unpaired) electrons. The molecule has 3 N–H and O–H groups in total. The number of aliphatic hydroxyl groups excluding tert-OH is 1. The lowest BCUT2D eigenvalue weighted by molar-refractivity contribution is 0.197. The zero-order valence-electron chi connectivity index (χ0n) is 24.3. The smallest absolute Gasteiger partial charge is 0.332 e. The van der Waals surface area contributed by atoms with Gasteiger partial charge in [-0.05, 0) is 42.6 Å². The van der Waals surface area contributed by atoms with Gasteiger partial charge in [-0.3, -0.25) is 18.8 Å². The maximum absolute atomic E-state index is 14.0. The summed E-state index contributed by atoms with van der Waals surface area (Å²) in [7, 11) is -3.27. The van der Waals surface area contributed by atoms with Gasteiger partial charge in [0.15, 0.2) is 11.2 Å². The summed E-state index contributed by atoms with van der Waals surface area (Å²) in [5.41, 5.74) is 8.16. The van der Waals surface area contributed by atoms with E-state index in [1.807, 2.05) is 60.0 Å². The summed E-state index contributed by atoms with van der Waals surface area (Å²) >= 11 is 0.